The summed E-state index contributed by atoms with van der Waals surface area (Å²) < 4.78 is 5.16. The first-order chi connectivity index (χ1) is 11.5. The number of nitrogens with zero attached hydrogens (tertiary/aromatic N) is 1. The first-order valence-corrected chi connectivity index (χ1v) is 8.49. The monoisotopic (exact) mass is 330 g/mol. The highest BCUT2D eigenvalue weighted by molar-refractivity contribution is 5.91. The Hall–Kier alpha value is -2.14. The summed E-state index contributed by atoms with van der Waals surface area (Å²) in [5, 5.41) is 16.6. The van der Waals surface area contributed by atoms with E-state index in [0.717, 1.165) is 17.7 Å². The van der Waals surface area contributed by atoms with E-state index < -0.39 is 6.10 Å². The summed E-state index contributed by atoms with van der Waals surface area (Å²) in [4.78, 5) is 12.3. The van der Waals surface area contributed by atoms with Gasteiger partial charge in [0.1, 0.15) is 0 Å². The number of hydrogen-bond donors (Lipinski definition) is 2. The van der Waals surface area contributed by atoms with Crippen molar-refractivity contribution in [2.75, 3.05) is 6.54 Å². The van der Waals surface area contributed by atoms with Crippen molar-refractivity contribution in [2.45, 2.75) is 51.6 Å². The number of carbonyl (C=O) groups excluding carboxylic acids is 1. The second-order valence-electron chi connectivity index (χ2n) is 6.33. The zero-order valence-electron chi connectivity index (χ0n) is 14.5. The predicted molar refractivity (Wildman–Crippen MR) is 93.0 cm³/mol. The van der Waals surface area contributed by atoms with Gasteiger partial charge in [-0.05, 0) is 25.3 Å². The Balaban J connectivity index is 2.00. The van der Waals surface area contributed by atoms with Crippen LogP contribution in [0.4, 0.5) is 0 Å². The van der Waals surface area contributed by atoms with Gasteiger partial charge < -0.3 is 14.9 Å². The molecule has 0 aliphatic carbocycles. The van der Waals surface area contributed by atoms with Gasteiger partial charge in [-0.15, -0.1) is 0 Å². The Morgan fingerprint density at radius 1 is 1.29 bits per heavy atom. The van der Waals surface area contributed by atoms with Crippen LogP contribution < -0.4 is 5.32 Å². The summed E-state index contributed by atoms with van der Waals surface area (Å²) in [7, 11) is 0. The van der Waals surface area contributed by atoms with E-state index in [9.17, 15) is 9.90 Å². The average Bonchev–Trinajstić information content (AvgIpc) is 3.08. The molecule has 1 aromatic carbocycles. The molecule has 1 aromatic heterocycles. The normalized spacial score (nSPS) is 14.8. The van der Waals surface area contributed by atoms with Crippen LogP contribution in [0.25, 0.3) is 0 Å². The maximum Gasteiger partial charge on any atom is 0.289 e. The van der Waals surface area contributed by atoms with Crippen molar-refractivity contribution in [2.24, 2.45) is 0 Å². The van der Waals surface area contributed by atoms with Gasteiger partial charge in [0, 0.05) is 24.4 Å². The maximum absolute atomic E-state index is 12.3. The zero-order valence-corrected chi connectivity index (χ0v) is 14.5. The van der Waals surface area contributed by atoms with E-state index in [-0.39, 0.29) is 23.5 Å². The van der Waals surface area contributed by atoms with Crippen LogP contribution in [0.15, 0.2) is 40.9 Å². The van der Waals surface area contributed by atoms with Crippen molar-refractivity contribution in [1.29, 1.82) is 0 Å². The average molecular weight is 330 g/mol. The molecule has 24 heavy (non-hydrogen) atoms. The van der Waals surface area contributed by atoms with Gasteiger partial charge in [0.25, 0.3) is 5.91 Å². The van der Waals surface area contributed by atoms with Crippen LogP contribution in [0.1, 0.15) is 67.3 Å². The number of nitrogens with one attached hydrogen (secondary N) is 1. The molecule has 0 spiro atoms. The Labute approximate surface area is 143 Å². The number of hydrogen-bond acceptors (Lipinski definition) is 4. The highest BCUT2D eigenvalue weighted by Crippen LogP contribution is 2.21. The topological polar surface area (TPSA) is 75.4 Å². The molecule has 130 valence electrons. The second kappa shape index (κ2) is 8.64. The molecule has 0 aliphatic rings. The molecule has 5 heteroatoms. The minimum absolute atomic E-state index is 0.0482. The molecule has 0 aliphatic heterocycles. The van der Waals surface area contributed by atoms with E-state index in [2.05, 4.69) is 17.4 Å². The minimum Gasteiger partial charge on any atom is -0.393 e. The van der Waals surface area contributed by atoms with E-state index >= 15 is 0 Å². The number of rotatable bonds is 8. The van der Waals surface area contributed by atoms with Crippen LogP contribution in [0.2, 0.25) is 0 Å². The van der Waals surface area contributed by atoms with Crippen molar-refractivity contribution in [3.63, 3.8) is 0 Å². The molecule has 5 nitrogen and oxygen atoms in total. The molecule has 1 amide bonds. The molecule has 1 heterocycles. The van der Waals surface area contributed by atoms with Gasteiger partial charge >= 0.3 is 0 Å². The fraction of sp³-hybridized carbons (Fsp3) is 0.474. The van der Waals surface area contributed by atoms with Gasteiger partial charge in [-0.3, -0.25) is 4.79 Å². The third kappa shape index (κ3) is 4.93. The molecular weight excluding hydrogens is 304 g/mol. The SMILES string of the molecule is CCC(C)c1cc(C(=O)NCC(CC(C)O)c2ccccc2)on1. The van der Waals surface area contributed by atoms with Crippen LogP contribution >= 0.6 is 0 Å². The lowest BCUT2D eigenvalue weighted by molar-refractivity contribution is 0.0908. The molecule has 3 atom stereocenters. The highest BCUT2D eigenvalue weighted by atomic mass is 16.5. The van der Waals surface area contributed by atoms with Crippen molar-refractivity contribution in [1.82, 2.24) is 10.5 Å². The first-order valence-electron chi connectivity index (χ1n) is 8.49. The number of amides is 1. The van der Waals surface area contributed by atoms with Crippen molar-refractivity contribution < 1.29 is 14.4 Å². The standard InChI is InChI=1S/C19H26N2O3/c1-4-13(2)17-11-18(24-21-17)19(23)20-12-16(10-14(3)22)15-8-6-5-7-9-15/h5-9,11,13-14,16,22H,4,10,12H2,1-3H3,(H,20,23). The molecule has 2 aromatic rings. The molecule has 0 radical (unpaired) electrons. The van der Waals surface area contributed by atoms with Gasteiger partial charge in [-0.2, -0.15) is 0 Å². The Bertz CT molecular complexity index is 637. The van der Waals surface area contributed by atoms with Crippen LogP contribution in [-0.2, 0) is 0 Å². The lowest BCUT2D eigenvalue weighted by atomic mass is 9.93. The summed E-state index contributed by atoms with van der Waals surface area (Å²) in [5.41, 5.74) is 1.89. The molecular formula is C19H26N2O3. The molecule has 0 bridgehead atoms. The van der Waals surface area contributed by atoms with Crippen LogP contribution in [0.3, 0.4) is 0 Å². The molecule has 0 saturated carbocycles. The number of carbonyl (C=O) groups is 1. The highest BCUT2D eigenvalue weighted by Gasteiger charge is 2.19. The van der Waals surface area contributed by atoms with Crippen LogP contribution in [0, 0.1) is 0 Å². The Kier molecular flexibility index (Phi) is 6.55. The quantitative estimate of drug-likeness (QED) is 0.777. The lowest BCUT2D eigenvalue weighted by Crippen LogP contribution is -2.29. The smallest absolute Gasteiger partial charge is 0.289 e. The van der Waals surface area contributed by atoms with Gasteiger partial charge in [0.05, 0.1) is 11.8 Å². The predicted octanol–water partition coefficient (Wildman–Crippen LogP) is 3.47. The van der Waals surface area contributed by atoms with Gasteiger partial charge in [-0.25, -0.2) is 0 Å². The van der Waals surface area contributed by atoms with Crippen LogP contribution in [-0.4, -0.2) is 28.8 Å². The number of aliphatic hydroxyl groups is 1. The van der Waals surface area contributed by atoms with Crippen molar-refractivity contribution in [3.8, 4) is 0 Å². The summed E-state index contributed by atoms with van der Waals surface area (Å²) in [5.74, 6) is 0.271. The fourth-order valence-electron chi connectivity index (χ4n) is 2.61. The van der Waals surface area contributed by atoms with E-state index in [4.69, 9.17) is 4.52 Å². The minimum atomic E-state index is -0.436. The zero-order chi connectivity index (χ0) is 17.5. The second-order valence-corrected chi connectivity index (χ2v) is 6.33. The largest absolute Gasteiger partial charge is 0.393 e. The number of benzene rings is 1. The number of aliphatic hydroxyl groups excluding tert-OH is 1. The lowest BCUT2D eigenvalue weighted by Gasteiger charge is -2.19. The molecule has 0 fully saturated rings. The van der Waals surface area contributed by atoms with E-state index in [1.807, 2.05) is 37.3 Å². The maximum atomic E-state index is 12.3. The van der Waals surface area contributed by atoms with Gasteiger partial charge in [0.15, 0.2) is 0 Å². The number of aromatic nitrogens is 1. The van der Waals surface area contributed by atoms with Crippen molar-refractivity contribution in [3.05, 3.63) is 53.4 Å². The molecule has 0 saturated heterocycles. The Morgan fingerprint density at radius 3 is 2.62 bits per heavy atom. The van der Waals surface area contributed by atoms with Gasteiger partial charge in [-0.1, -0.05) is 49.3 Å². The van der Waals surface area contributed by atoms with E-state index in [1.165, 1.54) is 0 Å². The summed E-state index contributed by atoms with van der Waals surface area (Å²) in [6, 6.07) is 11.6. The summed E-state index contributed by atoms with van der Waals surface area (Å²) in [6.45, 7) is 6.31. The van der Waals surface area contributed by atoms with E-state index in [1.54, 1.807) is 13.0 Å². The third-order valence-corrected chi connectivity index (χ3v) is 4.28. The fourth-order valence-corrected chi connectivity index (χ4v) is 2.61. The molecule has 3 unspecified atom stereocenters. The summed E-state index contributed by atoms with van der Waals surface area (Å²) >= 11 is 0. The van der Waals surface area contributed by atoms with Crippen LogP contribution in [0.5, 0.6) is 0 Å². The third-order valence-electron chi connectivity index (χ3n) is 4.28. The molecule has 2 rings (SSSR count). The van der Waals surface area contributed by atoms with Crippen molar-refractivity contribution >= 4 is 5.91 Å². The summed E-state index contributed by atoms with van der Waals surface area (Å²) in [6.07, 6.45) is 1.09. The van der Waals surface area contributed by atoms with Gasteiger partial charge in [0.2, 0.25) is 5.76 Å². The molecule has 2 N–H and O–H groups in total. The van der Waals surface area contributed by atoms with E-state index in [0.29, 0.717) is 13.0 Å². The first kappa shape index (κ1) is 18.2. The Morgan fingerprint density at radius 2 is 2.00 bits per heavy atom.